The van der Waals surface area contributed by atoms with Gasteiger partial charge in [0, 0.05) is 53.4 Å². The second-order valence-electron chi connectivity index (χ2n) is 12.0. The number of rotatable bonds is 9. The molecule has 3 aromatic carbocycles. The van der Waals surface area contributed by atoms with Crippen LogP contribution in [0.25, 0.3) is 11.6 Å². The summed E-state index contributed by atoms with van der Waals surface area (Å²) in [4.78, 5) is 53.0. The zero-order chi connectivity index (χ0) is 36.6. The first-order valence-corrected chi connectivity index (χ1v) is 15.7. The highest BCUT2D eigenvalue weighted by atomic mass is 19.4. The third kappa shape index (κ3) is 7.07. The molecule has 0 aliphatic carbocycles. The Labute approximate surface area is 289 Å². The van der Waals surface area contributed by atoms with Crippen LogP contribution in [0.3, 0.4) is 0 Å². The summed E-state index contributed by atoms with van der Waals surface area (Å²) < 4.78 is 52.3. The molecule has 2 aliphatic rings. The fraction of sp³-hybridized carbons (Fsp3) is 0.222. The lowest BCUT2D eigenvalue weighted by atomic mass is 10.0. The third-order valence-corrected chi connectivity index (χ3v) is 8.68. The number of nitrogens with two attached hydrogens (primary N) is 1. The Morgan fingerprint density at radius 2 is 1.73 bits per heavy atom. The lowest BCUT2D eigenvalue weighted by Crippen LogP contribution is -2.47. The number of nitrogens with one attached hydrogen (secondary N) is 2. The van der Waals surface area contributed by atoms with Gasteiger partial charge in [0.25, 0.3) is 17.7 Å². The molecular formula is C36H32F3N5O7. The van der Waals surface area contributed by atoms with Crippen LogP contribution in [0.15, 0.2) is 66.7 Å². The average Bonchev–Trinajstić information content (AvgIpc) is 3.52. The van der Waals surface area contributed by atoms with Crippen LogP contribution in [0, 0.1) is 13.8 Å². The number of aromatic nitrogens is 1. The summed E-state index contributed by atoms with van der Waals surface area (Å²) in [6.45, 7) is 4.71. The van der Waals surface area contributed by atoms with Crippen molar-refractivity contribution in [2.75, 3.05) is 36.9 Å². The predicted octanol–water partition coefficient (Wildman–Crippen LogP) is 5.68. The number of nitrogens with zero attached hydrogens (tertiary/aromatic N) is 2. The number of carbonyl (C=O) groups is 4. The van der Waals surface area contributed by atoms with Gasteiger partial charge in [-0.3, -0.25) is 19.3 Å². The maximum atomic E-state index is 13.3. The van der Waals surface area contributed by atoms with Gasteiger partial charge in [0.05, 0.1) is 35.6 Å². The van der Waals surface area contributed by atoms with E-state index in [9.17, 15) is 37.5 Å². The zero-order valence-electron chi connectivity index (χ0n) is 27.3. The molecule has 0 saturated carbocycles. The number of hydrogen-bond donors (Lipinski definition) is 4. The van der Waals surface area contributed by atoms with E-state index in [2.05, 4.69) is 10.6 Å². The summed E-state index contributed by atoms with van der Waals surface area (Å²) in [6, 6.07) is 15.2. The SMILES string of the molecule is Cc1c(C(=O)O)c(C)n(C(C(N)=O)N2CCOCC2)c1C=C1C(=O)Nc2cc(Oc3cccc(NC(=O)c4cccc(C(F)(F)F)c4)c3)ccc21. The van der Waals surface area contributed by atoms with Gasteiger partial charge < -0.3 is 35.5 Å². The summed E-state index contributed by atoms with van der Waals surface area (Å²) in [5, 5.41) is 15.4. The molecule has 15 heteroatoms. The topological polar surface area (TPSA) is 165 Å². The number of carboxylic acid groups (broad SMARTS) is 1. The summed E-state index contributed by atoms with van der Waals surface area (Å²) in [5.41, 5.74) is 7.16. The van der Waals surface area contributed by atoms with Gasteiger partial charge in [-0.25, -0.2) is 4.79 Å². The van der Waals surface area contributed by atoms with E-state index in [1.807, 2.05) is 4.90 Å². The quantitative estimate of drug-likeness (QED) is 0.162. The number of carboxylic acids is 1. The minimum atomic E-state index is -4.60. The Balaban J connectivity index is 1.27. The van der Waals surface area contributed by atoms with Crippen LogP contribution in [-0.4, -0.2) is 64.6 Å². The highest BCUT2D eigenvalue weighted by Crippen LogP contribution is 2.39. The van der Waals surface area contributed by atoms with Crippen LogP contribution in [-0.2, 0) is 20.5 Å². The van der Waals surface area contributed by atoms with Crippen LogP contribution in [0.1, 0.15) is 55.0 Å². The molecule has 5 N–H and O–H groups in total. The minimum Gasteiger partial charge on any atom is -0.478 e. The molecule has 1 unspecified atom stereocenters. The average molecular weight is 704 g/mol. The summed E-state index contributed by atoms with van der Waals surface area (Å²) in [5.74, 6) is -2.47. The number of hydrogen-bond acceptors (Lipinski definition) is 7. The van der Waals surface area contributed by atoms with E-state index in [4.69, 9.17) is 15.2 Å². The van der Waals surface area contributed by atoms with Crippen LogP contribution < -0.4 is 21.1 Å². The molecular weight excluding hydrogens is 671 g/mol. The first kappa shape index (κ1) is 34.9. The van der Waals surface area contributed by atoms with E-state index in [0.29, 0.717) is 66.0 Å². The number of carbonyl (C=O) groups excluding carboxylic acids is 3. The standard InChI is InChI=1S/C36H32F3N5O7/c1-19-29(44(20(2)30(19)35(48)49)34(31(40)45)43-11-13-50-14-12-43)18-27-26-10-9-25(17-28(26)42-33(27)47)51-24-8-4-7-23(16-24)41-32(46)21-5-3-6-22(15-21)36(37,38)39/h3-10,15-18,34H,11-14H2,1-2H3,(H2,40,45)(H,41,46)(H,42,47)(H,48,49). The molecule has 4 aromatic rings. The largest absolute Gasteiger partial charge is 0.478 e. The molecule has 2 aliphatic heterocycles. The normalized spacial score (nSPS) is 16.0. The first-order chi connectivity index (χ1) is 24.2. The zero-order valence-corrected chi connectivity index (χ0v) is 27.3. The molecule has 1 atom stereocenters. The molecule has 3 heterocycles. The number of benzene rings is 3. The Bertz CT molecular complexity index is 2100. The van der Waals surface area contributed by atoms with Crippen LogP contribution in [0.2, 0.25) is 0 Å². The summed E-state index contributed by atoms with van der Waals surface area (Å²) in [6.07, 6.45) is -4.08. The Hall–Kier alpha value is -5.93. The van der Waals surface area contributed by atoms with Crippen molar-refractivity contribution in [1.29, 1.82) is 0 Å². The molecule has 1 fully saturated rings. The van der Waals surface area contributed by atoms with Crippen LogP contribution in [0.4, 0.5) is 24.5 Å². The number of alkyl halides is 3. The molecule has 0 radical (unpaired) electrons. The fourth-order valence-corrected chi connectivity index (χ4v) is 6.31. The van der Waals surface area contributed by atoms with Gasteiger partial charge in [0.15, 0.2) is 6.17 Å². The van der Waals surface area contributed by atoms with Gasteiger partial charge in [0.2, 0.25) is 0 Å². The van der Waals surface area contributed by atoms with Crippen molar-refractivity contribution in [3.8, 4) is 11.5 Å². The molecule has 0 bridgehead atoms. The van der Waals surface area contributed by atoms with E-state index < -0.39 is 41.6 Å². The van der Waals surface area contributed by atoms with Gasteiger partial charge in [-0.1, -0.05) is 12.1 Å². The summed E-state index contributed by atoms with van der Waals surface area (Å²) in [7, 11) is 0. The van der Waals surface area contributed by atoms with Gasteiger partial charge in [-0.15, -0.1) is 0 Å². The van der Waals surface area contributed by atoms with Crippen LogP contribution in [0.5, 0.6) is 11.5 Å². The number of amides is 3. The van der Waals surface area contributed by atoms with Gasteiger partial charge in [-0.2, -0.15) is 13.2 Å². The van der Waals surface area contributed by atoms with Crippen molar-refractivity contribution in [3.63, 3.8) is 0 Å². The van der Waals surface area contributed by atoms with Crippen molar-refractivity contribution in [2.24, 2.45) is 5.73 Å². The van der Waals surface area contributed by atoms with Crippen LogP contribution >= 0.6 is 0 Å². The molecule has 12 nitrogen and oxygen atoms in total. The molecule has 264 valence electrons. The molecule has 6 rings (SSSR count). The highest BCUT2D eigenvalue weighted by molar-refractivity contribution is 6.35. The monoisotopic (exact) mass is 703 g/mol. The number of ether oxygens (including phenoxy) is 2. The van der Waals surface area contributed by atoms with Crippen molar-refractivity contribution in [3.05, 3.63) is 106 Å². The fourth-order valence-electron chi connectivity index (χ4n) is 6.31. The highest BCUT2D eigenvalue weighted by Gasteiger charge is 2.35. The van der Waals surface area contributed by atoms with Crippen molar-refractivity contribution < 1.29 is 46.9 Å². The maximum Gasteiger partial charge on any atom is 0.416 e. The number of halogens is 3. The molecule has 51 heavy (non-hydrogen) atoms. The van der Waals surface area contributed by atoms with E-state index in [1.54, 1.807) is 60.9 Å². The number of fused-ring (bicyclic) bond motifs is 1. The van der Waals surface area contributed by atoms with Crippen molar-refractivity contribution in [1.82, 2.24) is 9.47 Å². The number of morpholine rings is 1. The van der Waals surface area contributed by atoms with E-state index >= 15 is 0 Å². The molecule has 0 spiro atoms. The van der Waals surface area contributed by atoms with Crippen molar-refractivity contribution >= 4 is 46.7 Å². The van der Waals surface area contributed by atoms with E-state index in [1.165, 1.54) is 12.1 Å². The number of aromatic carboxylic acids is 1. The molecule has 1 saturated heterocycles. The summed E-state index contributed by atoms with van der Waals surface area (Å²) >= 11 is 0. The maximum absolute atomic E-state index is 13.3. The Morgan fingerprint density at radius 1 is 1.02 bits per heavy atom. The second kappa shape index (κ2) is 13.8. The molecule has 1 aromatic heterocycles. The number of primary amides is 1. The van der Waals surface area contributed by atoms with Gasteiger partial charge in [-0.05, 0) is 68.0 Å². The number of anilines is 2. The van der Waals surface area contributed by atoms with E-state index in [0.717, 1.165) is 18.2 Å². The lowest BCUT2D eigenvalue weighted by molar-refractivity contribution is -0.137. The van der Waals surface area contributed by atoms with Crippen molar-refractivity contribution in [2.45, 2.75) is 26.2 Å². The first-order valence-electron chi connectivity index (χ1n) is 15.7. The van der Waals surface area contributed by atoms with Gasteiger partial charge >= 0.3 is 12.1 Å². The third-order valence-electron chi connectivity index (χ3n) is 8.68. The Kier molecular flexibility index (Phi) is 9.42. The van der Waals surface area contributed by atoms with Gasteiger partial charge in [0.1, 0.15) is 11.5 Å². The molecule has 3 amide bonds. The van der Waals surface area contributed by atoms with E-state index in [-0.39, 0.29) is 22.4 Å². The lowest BCUT2D eigenvalue weighted by Gasteiger charge is -2.34. The smallest absolute Gasteiger partial charge is 0.416 e. The predicted molar refractivity (Wildman–Crippen MR) is 180 cm³/mol. The Morgan fingerprint density at radius 3 is 2.41 bits per heavy atom. The second-order valence-corrected chi connectivity index (χ2v) is 12.0. The minimum absolute atomic E-state index is 0.00279.